The summed E-state index contributed by atoms with van der Waals surface area (Å²) in [4.78, 5) is 2.63. The Morgan fingerprint density at radius 2 is 1.67 bits per heavy atom. The fourth-order valence-corrected chi connectivity index (χ4v) is 3.21. The monoisotopic (exact) mass is 299 g/mol. The van der Waals surface area contributed by atoms with Crippen molar-refractivity contribution in [2.24, 2.45) is 0 Å². The lowest BCUT2D eigenvalue weighted by Crippen LogP contribution is -2.10. The van der Waals surface area contributed by atoms with Crippen molar-refractivity contribution in [1.82, 2.24) is 5.32 Å². The molecule has 1 N–H and O–H groups in total. The largest absolute Gasteiger partial charge is 0.316 e. The molecule has 0 spiro atoms. The third kappa shape index (κ3) is 4.36. The van der Waals surface area contributed by atoms with Gasteiger partial charge in [0.15, 0.2) is 0 Å². The summed E-state index contributed by atoms with van der Waals surface area (Å²) in [5.41, 5.74) is 4.27. The van der Waals surface area contributed by atoms with Crippen LogP contribution in [0.1, 0.15) is 37.5 Å². The molecule has 0 saturated heterocycles. The second-order valence-corrected chi connectivity index (χ2v) is 7.63. The minimum absolute atomic E-state index is 0.213. The van der Waals surface area contributed by atoms with Gasteiger partial charge in [0.25, 0.3) is 0 Å². The Kier molecular flexibility index (Phi) is 5.13. The molecule has 0 atom stereocenters. The lowest BCUT2D eigenvalue weighted by Gasteiger charge is -2.19. The molecule has 2 aromatic rings. The fraction of sp³-hybridized carbons (Fsp3) is 0.368. The zero-order chi connectivity index (χ0) is 15.5. The molecule has 0 fully saturated rings. The van der Waals surface area contributed by atoms with Crippen molar-refractivity contribution in [3.8, 4) is 0 Å². The van der Waals surface area contributed by atoms with E-state index in [2.05, 4.69) is 75.5 Å². The van der Waals surface area contributed by atoms with Crippen molar-refractivity contribution in [1.29, 1.82) is 0 Å². The van der Waals surface area contributed by atoms with E-state index in [0.29, 0.717) is 0 Å². The highest BCUT2D eigenvalue weighted by molar-refractivity contribution is 7.99. The van der Waals surface area contributed by atoms with Gasteiger partial charge in [-0.15, -0.1) is 0 Å². The van der Waals surface area contributed by atoms with Gasteiger partial charge in [-0.25, -0.2) is 0 Å². The number of nitrogens with one attached hydrogen (secondary N) is 1. The van der Waals surface area contributed by atoms with Gasteiger partial charge >= 0.3 is 0 Å². The Labute approximate surface area is 133 Å². The van der Waals surface area contributed by atoms with Crippen molar-refractivity contribution >= 4 is 11.8 Å². The molecule has 0 aliphatic heterocycles. The smallest absolute Gasteiger partial charge is 0.0213 e. The summed E-state index contributed by atoms with van der Waals surface area (Å²) in [6, 6.07) is 15.6. The van der Waals surface area contributed by atoms with Crippen LogP contribution in [-0.2, 0) is 12.0 Å². The fourth-order valence-electron chi connectivity index (χ4n) is 2.29. The predicted octanol–water partition coefficient (Wildman–Crippen LogP) is 5.16. The number of benzene rings is 2. The maximum atomic E-state index is 3.25. The minimum Gasteiger partial charge on any atom is -0.316 e. The van der Waals surface area contributed by atoms with Gasteiger partial charge in [-0.2, -0.15) is 0 Å². The predicted molar refractivity (Wildman–Crippen MR) is 93.2 cm³/mol. The van der Waals surface area contributed by atoms with Crippen LogP contribution in [0.4, 0.5) is 0 Å². The molecular formula is C19H25NS. The number of rotatable bonds is 4. The Balaban J connectivity index is 2.22. The van der Waals surface area contributed by atoms with Crippen LogP contribution in [0, 0.1) is 6.92 Å². The molecule has 0 heterocycles. The number of hydrogen-bond acceptors (Lipinski definition) is 2. The van der Waals surface area contributed by atoms with Crippen LogP contribution < -0.4 is 5.32 Å². The molecule has 0 amide bonds. The normalized spacial score (nSPS) is 11.7. The molecular weight excluding hydrogens is 274 g/mol. The molecule has 112 valence electrons. The summed E-state index contributed by atoms with van der Waals surface area (Å²) in [6.45, 7) is 9.80. The minimum atomic E-state index is 0.213. The van der Waals surface area contributed by atoms with Crippen molar-refractivity contribution in [2.45, 2.75) is 49.4 Å². The lowest BCUT2D eigenvalue weighted by atomic mass is 9.87. The van der Waals surface area contributed by atoms with Crippen molar-refractivity contribution in [2.75, 3.05) is 7.05 Å². The van der Waals surface area contributed by atoms with E-state index in [4.69, 9.17) is 0 Å². The molecule has 2 heteroatoms. The lowest BCUT2D eigenvalue weighted by molar-refractivity contribution is 0.590. The highest BCUT2D eigenvalue weighted by Gasteiger charge is 2.13. The van der Waals surface area contributed by atoms with E-state index < -0.39 is 0 Å². The Morgan fingerprint density at radius 3 is 2.24 bits per heavy atom. The topological polar surface area (TPSA) is 12.0 Å². The van der Waals surface area contributed by atoms with E-state index in [9.17, 15) is 0 Å². The van der Waals surface area contributed by atoms with Crippen LogP contribution in [0.2, 0.25) is 0 Å². The zero-order valence-corrected chi connectivity index (χ0v) is 14.5. The third-order valence-electron chi connectivity index (χ3n) is 3.53. The quantitative estimate of drug-likeness (QED) is 0.836. The summed E-state index contributed by atoms with van der Waals surface area (Å²) in [5, 5.41) is 3.25. The number of aryl methyl sites for hydroxylation is 1. The first-order valence-corrected chi connectivity index (χ1v) is 8.24. The van der Waals surface area contributed by atoms with Crippen molar-refractivity contribution < 1.29 is 0 Å². The van der Waals surface area contributed by atoms with Crippen LogP contribution >= 0.6 is 11.8 Å². The summed E-state index contributed by atoms with van der Waals surface area (Å²) in [7, 11) is 1.99. The second kappa shape index (κ2) is 6.67. The van der Waals surface area contributed by atoms with Crippen LogP contribution in [0.25, 0.3) is 0 Å². The molecule has 0 aliphatic rings. The molecule has 1 nitrogen and oxygen atoms in total. The maximum absolute atomic E-state index is 3.25. The van der Waals surface area contributed by atoms with Gasteiger partial charge in [-0.05, 0) is 48.7 Å². The van der Waals surface area contributed by atoms with Gasteiger partial charge in [-0.3, -0.25) is 0 Å². The Hall–Kier alpha value is -1.25. The van der Waals surface area contributed by atoms with Gasteiger partial charge in [0.2, 0.25) is 0 Å². The Morgan fingerprint density at radius 1 is 1.00 bits per heavy atom. The zero-order valence-electron chi connectivity index (χ0n) is 13.7. The molecule has 0 aromatic heterocycles. The maximum Gasteiger partial charge on any atom is 0.0213 e. The van der Waals surface area contributed by atoms with Crippen LogP contribution in [-0.4, -0.2) is 7.05 Å². The standard InChI is InChI=1S/C19H25NS/c1-14-6-11-18(15(12-14)13-20-5)21-17-9-7-16(8-10-17)19(2,3)4/h6-12,20H,13H2,1-5H3. The third-order valence-corrected chi connectivity index (χ3v) is 4.66. The molecule has 21 heavy (non-hydrogen) atoms. The van der Waals surface area contributed by atoms with Crippen LogP contribution in [0.3, 0.4) is 0 Å². The average molecular weight is 299 g/mol. The average Bonchev–Trinajstić information content (AvgIpc) is 2.42. The van der Waals surface area contributed by atoms with E-state index in [-0.39, 0.29) is 5.41 Å². The molecule has 2 aromatic carbocycles. The molecule has 0 bridgehead atoms. The summed E-state index contributed by atoms with van der Waals surface area (Å²) in [6.07, 6.45) is 0. The first-order valence-electron chi connectivity index (χ1n) is 7.42. The highest BCUT2D eigenvalue weighted by Crippen LogP contribution is 2.32. The molecule has 0 radical (unpaired) electrons. The van der Waals surface area contributed by atoms with E-state index in [1.165, 1.54) is 26.5 Å². The molecule has 2 rings (SSSR count). The van der Waals surface area contributed by atoms with Gasteiger partial charge in [0.1, 0.15) is 0 Å². The Bertz CT molecular complexity index is 594. The van der Waals surface area contributed by atoms with Gasteiger partial charge in [0.05, 0.1) is 0 Å². The van der Waals surface area contributed by atoms with Crippen LogP contribution in [0.15, 0.2) is 52.3 Å². The number of hydrogen-bond donors (Lipinski definition) is 1. The molecule has 0 unspecified atom stereocenters. The summed E-state index contributed by atoms with van der Waals surface area (Å²) in [5.74, 6) is 0. The van der Waals surface area contributed by atoms with Crippen molar-refractivity contribution in [3.05, 3.63) is 59.2 Å². The second-order valence-electron chi connectivity index (χ2n) is 6.52. The highest BCUT2D eigenvalue weighted by atomic mass is 32.2. The molecule has 0 saturated carbocycles. The van der Waals surface area contributed by atoms with Gasteiger partial charge in [0, 0.05) is 16.3 Å². The SMILES string of the molecule is CNCc1cc(C)ccc1Sc1ccc(C(C)(C)C)cc1. The van der Waals surface area contributed by atoms with E-state index >= 15 is 0 Å². The van der Waals surface area contributed by atoms with Crippen molar-refractivity contribution in [3.63, 3.8) is 0 Å². The van der Waals surface area contributed by atoms with E-state index in [0.717, 1.165) is 6.54 Å². The molecule has 0 aliphatic carbocycles. The first-order chi connectivity index (χ1) is 9.90. The van der Waals surface area contributed by atoms with Crippen LogP contribution in [0.5, 0.6) is 0 Å². The van der Waals surface area contributed by atoms with Gasteiger partial charge in [-0.1, -0.05) is 62.4 Å². The summed E-state index contributed by atoms with van der Waals surface area (Å²) >= 11 is 1.84. The van der Waals surface area contributed by atoms with Gasteiger partial charge < -0.3 is 5.32 Å². The summed E-state index contributed by atoms with van der Waals surface area (Å²) < 4.78 is 0. The van der Waals surface area contributed by atoms with E-state index in [1.807, 2.05) is 18.8 Å². The first kappa shape index (κ1) is 16.1. The van der Waals surface area contributed by atoms with E-state index in [1.54, 1.807) is 0 Å².